The maximum Gasteiger partial charge on any atom is 0.409 e. The molecule has 0 aromatic heterocycles. The fourth-order valence-electron chi connectivity index (χ4n) is 2.78. The van der Waals surface area contributed by atoms with Gasteiger partial charge in [0.25, 0.3) is 0 Å². The summed E-state index contributed by atoms with van der Waals surface area (Å²) in [4.78, 5) is 27.5. The Bertz CT molecular complexity index is 598. The number of ether oxygens (including phenoxy) is 2. The zero-order chi connectivity index (χ0) is 18.9. The first-order chi connectivity index (χ1) is 12.5. The van der Waals surface area contributed by atoms with E-state index in [0.29, 0.717) is 45.8 Å². The van der Waals surface area contributed by atoms with E-state index in [4.69, 9.17) is 9.47 Å². The normalized spacial score (nSPS) is 14.3. The van der Waals surface area contributed by atoms with Crippen LogP contribution in [0.4, 0.5) is 10.5 Å². The lowest BCUT2D eigenvalue weighted by Gasteiger charge is -2.34. The molecule has 0 spiro atoms. The Labute approximate surface area is 155 Å². The van der Waals surface area contributed by atoms with Crippen molar-refractivity contribution in [3.05, 3.63) is 24.3 Å². The topological polar surface area (TPSA) is 71.1 Å². The van der Waals surface area contributed by atoms with E-state index in [0.717, 1.165) is 11.4 Å². The molecule has 1 aromatic carbocycles. The fraction of sp³-hybridized carbons (Fsp3) is 0.579. The van der Waals surface area contributed by atoms with E-state index in [2.05, 4.69) is 5.32 Å². The number of rotatable bonds is 7. The van der Waals surface area contributed by atoms with Crippen LogP contribution in [0.5, 0.6) is 5.75 Å². The van der Waals surface area contributed by atoms with E-state index in [1.165, 1.54) is 0 Å². The van der Waals surface area contributed by atoms with Crippen molar-refractivity contribution in [1.82, 2.24) is 9.80 Å². The van der Waals surface area contributed by atoms with E-state index in [1.54, 1.807) is 16.7 Å². The minimum absolute atomic E-state index is 0.0864. The van der Waals surface area contributed by atoms with Crippen LogP contribution in [0.15, 0.2) is 24.3 Å². The van der Waals surface area contributed by atoms with E-state index in [9.17, 15) is 9.59 Å². The van der Waals surface area contributed by atoms with Gasteiger partial charge in [0, 0.05) is 39.1 Å². The number of benzene rings is 1. The first-order valence-corrected chi connectivity index (χ1v) is 9.20. The highest BCUT2D eigenvalue weighted by Gasteiger charge is 2.24. The summed E-state index contributed by atoms with van der Waals surface area (Å²) in [5.74, 6) is 0.876. The standard InChI is InChI=1S/C19H29N3O4/c1-4-25-19(24)22-13-11-21(12-14-22)18(23)9-10-20-16-7-5-6-8-17(16)26-15(2)3/h5-8,15,20H,4,9-14H2,1-3H3. The van der Waals surface area contributed by atoms with Crippen molar-refractivity contribution in [2.24, 2.45) is 0 Å². The van der Waals surface area contributed by atoms with Gasteiger partial charge in [-0.05, 0) is 32.9 Å². The second kappa shape index (κ2) is 9.89. The number of piperazine rings is 1. The Kier molecular flexibility index (Phi) is 7.56. The molecule has 0 bridgehead atoms. The minimum atomic E-state index is -0.303. The van der Waals surface area contributed by atoms with Gasteiger partial charge in [0.2, 0.25) is 5.91 Å². The largest absolute Gasteiger partial charge is 0.489 e. The third-order valence-corrected chi connectivity index (χ3v) is 4.06. The van der Waals surface area contributed by atoms with Crippen LogP contribution < -0.4 is 10.1 Å². The molecule has 1 saturated heterocycles. The number of hydrogen-bond donors (Lipinski definition) is 1. The Morgan fingerprint density at radius 1 is 1.12 bits per heavy atom. The predicted octanol–water partition coefficient (Wildman–Crippen LogP) is 2.58. The third kappa shape index (κ3) is 5.82. The molecule has 0 radical (unpaired) electrons. The summed E-state index contributed by atoms with van der Waals surface area (Å²) < 4.78 is 10.8. The van der Waals surface area contributed by atoms with Gasteiger partial charge in [-0.3, -0.25) is 4.79 Å². The van der Waals surface area contributed by atoms with Crippen molar-refractivity contribution in [2.45, 2.75) is 33.3 Å². The fourth-order valence-corrected chi connectivity index (χ4v) is 2.78. The summed E-state index contributed by atoms with van der Waals surface area (Å²) >= 11 is 0. The average molecular weight is 363 g/mol. The van der Waals surface area contributed by atoms with Crippen LogP contribution in [-0.2, 0) is 9.53 Å². The maximum atomic E-state index is 12.4. The lowest BCUT2D eigenvalue weighted by molar-refractivity contribution is -0.132. The van der Waals surface area contributed by atoms with Gasteiger partial charge in [-0.25, -0.2) is 4.79 Å². The molecular weight excluding hydrogens is 334 g/mol. The molecule has 1 fully saturated rings. The molecular formula is C19H29N3O4. The Hall–Kier alpha value is -2.44. The molecule has 144 valence electrons. The van der Waals surface area contributed by atoms with Crippen molar-refractivity contribution in [3.8, 4) is 5.75 Å². The molecule has 1 aliphatic heterocycles. The summed E-state index contributed by atoms with van der Waals surface area (Å²) in [6.07, 6.45) is 0.188. The van der Waals surface area contributed by atoms with Crippen LogP contribution >= 0.6 is 0 Å². The summed E-state index contributed by atoms with van der Waals surface area (Å²) in [6.45, 7) is 8.78. The van der Waals surface area contributed by atoms with Crippen molar-refractivity contribution in [3.63, 3.8) is 0 Å². The Morgan fingerprint density at radius 2 is 1.77 bits per heavy atom. The molecule has 1 aliphatic rings. The minimum Gasteiger partial charge on any atom is -0.489 e. The molecule has 7 heteroatoms. The van der Waals surface area contributed by atoms with E-state index < -0.39 is 0 Å². The van der Waals surface area contributed by atoms with Crippen LogP contribution in [0.3, 0.4) is 0 Å². The molecule has 0 aliphatic carbocycles. The number of para-hydroxylation sites is 2. The first-order valence-electron chi connectivity index (χ1n) is 9.20. The highest BCUT2D eigenvalue weighted by Crippen LogP contribution is 2.24. The molecule has 26 heavy (non-hydrogen) atoms. The maximum absolute atomic E-state index is 12.4. The quantitative estimate of drug-likeness (QED) is 0.806. The SMILES string of the molecule is CCOC(=O)N1CCN(C(=O)CCNc2ccccc2OC(C)C)CC1. The van der Waals surface area contributed by atoms with Crippen LogP contribution in [0, 0.1) is 0 Å². The monoisotopic (exact) mass is 363 g/mol. The summed E-state index contributed by atoms with van der Waals surface area (Å²) in [5.41, 5.74) is 0.890. The molecule has 0 unspecified atom stereocenters. The van der Waals surface area contributed by atoms with Crippen molar-refractivity contribution >= 4 is 17.7 Å². The summed E-state index contributed by atoms with van der Waals surface area (Å²) in [5, 5.41) is 3.28. The van der Waals surface area contributed by atoms with Gasteiger partial charge in [0.05, 0.1) is 18.4 Å². The highest BCUT2D eigenvalue weighted by molar-refractivity contribution is 5.77. The number of carbonyl (C=O) groups is 2. The van der Waals surface area contributed by atoms with Crippen LogP contribution in [0.2, 0.25) is 0 Å². The molecule has 1 N–H and O–H groups in total. The predicted molar refractivity (Wildman–Crippen MR) is 100 cm³/mol. The van der Waals surface area contributed by atoms with E-state index in [1.807, 2.05) is 38.1 Å². The number of hydrogen-bond acceptors (Lipinski definition) is 5. The first kappa shape index (κ1) is 19.9. The van der Waals surface area contributed by atoms with E-state index >= 15 is 0 Å². The van der Waals surface area contributed by atoms with E-state index in [-0.39, 0.29) is 18.1 Å². The van der Waals surface area contributed by atoms with Gasteiger partial charge < -0.3 is 24.6 Å². The zero-order valence-corrected chi connectivity index (χ0v) is 15.9. The number of nitrogens with one attached hydrogen (secondary N) is 1. The highest BCUT2D eigenvalue weighted by atomic mass is 16.6. The van der Waals surface area contributed by atoms with Crippen molar-refractivity contribution < 1.29 is 19.1 Å². The molecule has 1 heterocycles. The number of nitrogens with zero attached hydrogens (tertiary/aromatic N) is 2. The van der Waals surface area contributed by atoms with Gasteiger partial charge in [-0.1, -0.05) is 12.1 Å². The molecule has 0 saturated carbocycles. The molecule has 2 rings (SSSR count). The molecule has 1 aromatic rings. The summed E-state index contributed by atoms with van der Waals surface area (Å²) in [7, 11) is 0. The number of amides is 2. The average Bonchev–Trinajstić information content (AvgIpc) is 2.63. The second-order valence-electron chi connectivity index (χ2n) is 6.41. The third-order valence-electron chi connectivity index (χ3n) is 4.06. The second-order valence-corrected chi connectivity index (χ2v) is 6.41. The van der Waals surface area contributed by atoms with Gasteiger partial charge in [0.1, 0.15) is 5.75 Å². The molecule has 7 nitrogen and oxygen atoms in total. The molecule has 0 atom stereocenters. The lowest BCUT2D eigenvalue weighted by Crippen LogP contribution is -2.50. The number of anilines is 1. The van der Waals surface area contributed by atoms with Gasteiger partial charge in [-0.2, -0.15) is 0 Å². The Balaban J connectivity index is 1.76. The van der Waals surface area contributed by atoms with Gasteiger partial charge >= 0.3 is 6.09 Å². The lowest BCUT2D eigenvalue weighted by atomic mass is 10.2. The summed E-state index contributed by atoms with van der Waals surface area (Å²) in [6, 6.07) is 7.72. The smallest absolute Gasteiger partial charge is 0.409 e. The van der Waals surface area contributed by atoms with Crippen molar-refractivity contribution in [1.29, 1.82) is 0 Å². The van der Waals surface area contributed by atoms with Crippen molar-refractivity contribution in [2.75, 3.05) is 44.6 Å². The van der Waals surface area contributed by atoms with Crippen LogP contribution in [-0.4, -0.2) is 67.2 Å². The van der Waals surface area contributed by atoms with Gasteiger partial charge in [-0.15, -0.1) is 0 Å². The number of carbonyl (C=O) groups excluding carboxylic acids is 2. The zero-order valence-electron chi connectivity index (χ0n) is 15.9. The van der Waals surface area contributed by atoms with Crippen LogP contribution in [0.25, 0.3) is 0 Å². The van der Waals surface area contributed by atoms with Gasteiger partial charge in [0.15, 0.2) is 0 Å². The Morgan fingerprint density at radius 3 is 2.42 bits per heavy atom. The molecule has 2 amide bonds. The van der Waals surface area contributed by atoms with Crippen LogP contribution in [0.1, 0.15) is 27.2 Å².